The Labute approximate surface area is 196 Å². The number of quaternary nitrogens is 1. The fourth-order valence-corrected chi connectivity index (χ4v) is 4.90. The highest BCUT2D eigenvalue weighted by atomic mass is 15.4. The second-order valence-electron chi connectivity index (χ2n) is 9.08. The molecule has 0 spiro atoms. The summed E-state index contributed by atoms with van der Waals surface area (Å²) in [4.78, 5) is 0. The first-order valence-corrected chi connectivity index (χ1v) is 12.9. The summed E-state index contributed by atoms with van der Waals surface area (Å²) in [6, 6.07) is 33.2. The largest absolute Gasteiger partial charge is 0.227 e. The molecular formula is C31H42N+. The fourth-order valence-electron chi connectivity index (χ4n) is 4.90. The normalized spacial score (nSPS) is 11.5. The van der Waals surface area contributed by atoms with E-state index in [1.807, 2.05) is 0 Å². The third kappa shape index (κ3) is 6.81. The molecule has 0 unspecified atom stereocenters. The number of para-hydroxylation sites is 3. The molecule has 1 heteroatoms. The van der Waals surface area contributed by atoms with Crippen molar-refractivity contribution in [3.05, 3.63) is 91.0 Å². The van der Waals surface area contributed by atoms with Gasteiger partial charge in [0.15, 0.2) is 0 Å². The maximum absolute atomic E-state index is 2.29. The molecule has 0 aliphatic rings. The van der Waals surface area contributed by atoms with Crippen molar-refractivity contribution in [1.29, 1.82) is 0 Å². The summed E-state index contributed by atoms with van der Waals surface area (Å²) >= 11 is 0. The third-order valence-electron chi connectivity index (χ3n) is 6.69. The van der Waals surface area contributed by atoms with Crippen LogP contribution in [0.25, 0.3) is 0 Å². The highest BCUT2D eigenvalue weighted by molar-refractivity contribution is 5.70. The van der Waals surface area contributed by atoms with Crippen molar-refractivity contribution in [1.82, 2.24) is 4.48 Å². The van der Waals surface area contributed by atoms with Crippen molar-refractivity contribution < 1.29 is 0 Å². The van der Waals surface area contributed by atoms with E-state index in [4.69, 9.17) is 0 Å². The lowest BCUT2D eigenvalue weighted by atomic mass is 10.0. The highest BCUT2D eigenvalue weighted by Gasteiger charge is 2.35. The Morgan fingerprint density at radius 3 is 1.06 bits per heavy atom. The van der Waals surface area contributed by atoms with Gasteiger partial charge in [-0.3, -0.25) is 0 Å². The fraction of sp³-hybridized carbons (Fsp3) is 0.419. The number of nitrogens with zero attached hydrogens (tertiary/aromatic N) is 1. The SMILES string of the molecule is CCCCCCCCCCCCC[N+](c1ccccc1)(c1ccccc1)c1ccccc1. The molecule has 0 heterocycles. The van der Waals surface area contributed by atoms with Crippen molar-refractivity contribution in [2.45, 2.75) is 77.6 Å². The minimum Gasteiger partial charge on any atom is -0.227 e. The van der Waals surface area contributed by atoms with Crippen LogP contribution in [-0.2, 0) is 0 Å². The van der Waals surface area contributed by atoms with Crippen LogP contribution in [0.2, 0.25) is 0 Å². The average molecular weight is 429 g/mol. The van der Waals surface area contributed by atoms with Gasteiger partial charge >= 0.3 is 0 Å². The van der Waals surface area contributed by atoms with E-state index in [0.29, 0.717) is 0 Å². The molecule has 0 aliphatic heterocycles. The van der Waals surface area contributed by atoms with Gasteiger partial charge in [-0.25, -0.2) is 4.48 Å². The van der Waals surface area contributed by atoms with Crippen LogP contribution in [-0.4, -0.2) is 6.54 Å². The van der Waals surface area contributed by atoms with Crippen LogP contribution in [0.15, 0.2) is 91.0 Å². The first-order valence-electron chi connectivity index (χ1n) is 12.9. The summed E-state index contributed by atoms with van der Waals surface area (Å²) in [5.41, 5.74) is 4.03. The predicted octanol–water partition coefficient (Wildman–Crippen LogP) is 9.97. The molecule has 0 saturated carbocycles. The van der Waals surface area contributed by atoms with E-state index >= 15 is 0 Å². The summed E-state index contributed by atoms with van der Waals surface area (Å²) in [6.07, 6.45) is 15.1. The van der Waals surface area contributed by atoms with Gasteiger partial charge in [-0.2, -0.15) is 0 Å². The summed E-state index contributed by atoms with van der Waals surface area (Å²) in [5, 5.41) is 0. The molecule has 1 nitrogen and oxygen atoms in total. The van der Waals surface area contributed by atoms with Crippen LogP contribution in [0, 0.1) is 0 Å². The Bertz CT molecular complexity index is 745. The van der Waals surface area contributed by atoms with Crippen molar-refractivity contribution in [3.63, 3.8) is 0 Å². The molecule has 0 aliphatic carbocycles. The van der Waals surface area contributed by atoms with Gasteiger partial charge in [0.2, 0.25) is 0 Å². The topological polar surface area (TPSA) is 0 Å². The minimum atomic E-state index is 0.792. The van der Waals surface area contributed by atoms with Crippen LogP contribution in [0.5, 0.6) is 0 Å². The monoisotopic (exact) mass is 428 g/mol. The minimum absolute atomic E-state index is 0.792. The second-order valence-corrected chi connectivity index (χ2v) is 9.08. The van der Waals surface area contributed by atoms with Crippen molar-refractivity contribution >= 4 is 17.1 Å². The molecule has 0 aromatic heterocycles. The summed E-state index contributed by atoms with van der Waals surface area (Å²) in [6.45, 7) is 3.38. The van der Waals surface area contributed by atoms with Gasteiger partial charge in [-0.05, 0) is 49.2 Å². The molecule has 0 saturated heterocycles. The molecule has 3 rings (SSSR count). The molecule has 0 bridgehead atoms. The molecule has 0 atom stereocenters. The zero-order valence-corrected chi connectivity index (χ0v) is 20.1. The lowest BCUT2D eigenvalue weighted by Gasteiger charge is -2.37. The zero-order chi connectivity index (χ0) is 22.3. The van der Waals surface area contributed by atoms with E-state index in [2.05, 4.69) is 97.9 Å². The van der Waals surface area contributed by atoms with Crippen LogP contribution < -0.4 is 4.48 Å². The van der Waals surface area contributed by atoms with Crippen LogP contribution in [0.1, 0.15) is 77.6 Å². The van der Waals surface area contributed by atoms with Gasteiger partial charge in [0.1, 0.15) is 17.1 Å². The van der Waals surface area contributed by atoms with Gasteiger partial charge in [-0.1, -0.05) is 119 Å². The van der Waals surface area contributed by atoms with E-state index in [0.717, 1.165) is 11.0 Å². The Morgan fingerprint density at radius 2 is 0.719 bits per heavy atom. The maximum atomic E-state index is 2.29. The number of benzene rings is 3. The molecule has 3 aromatic carbocycles. The summed E-state index contributed by atoms with van der Waals surface area (Å²) < 4.78 is 0.792. The quantitative estimate of drug-likeness (QED) is 0.167. The van der Waals surface area contributed by atoms with Gasteiger partial charge in [0.05, 0.1) is 6.54 Å². The van der Waals surface area contributed by atoms with Crippen LogP contribution in [0.4, 0.5) is 17.1 Å². The Hall–Kier alpha value is -2.38. The number of hydrogen-bond donors (Lipinski definition) is 0. The molecular weight excluding hydrogens is 386 g/mol. The molecule has 0 radical (unpaired) electrons. The smallest absolute Gasteiger partial charge is 0.143 e. The lowest BCUT2D eigenvalue weighted by Crippen LogP contribution is -2.39. The maximum Gasteiger partial charge on any atom is 0.143 e. The second kappa shape index (κ2) is 13.9. The highest BCUT2D eigenvalue weighted by Crippen LogP contribution is 2.43. The Balaban J connectivity index is 1.64. The molecule has 170 valence electrons. The molecule has 0 fully saturated rings. The van der Waals surface area contributed by atoms with Crippen LogP contribution in [0.3, 0.4) is 0 Å². The lowest BCUT2D eigenvalue weighted by molar-refractivity contribution is 0.472. The first-order chi connectivity index (χ1) is 15.9. The number of unbranched alkanes of at least 4 members (excludes halogenated alkanes) is 10. The number of rotatable bonds is 15. The Morgan fingerprint density at radius 1 is 0.406 bits per heavy atom. The van der Waals surface area contributed by atoms with Crippen molar-refractivity contribution in [2.24, 2.45) is 0 Å². The van der Waals surface area contributed by atoms with E-state index in [1.54, 1.807) is 0 Å². The first kappa shape index (κ1) is 24.3. The van der Waals surface area contributed by atoms with E-state index in [9.17, 15) is 0 Å². The zero-order valence-electron chi connectivity index (χ0n) is 20.1. The molecule has 0 amide bonds. The third-order valence-corrected chi connectivity index (χ3v) is 6.69. The average Bonchev–Trinajstić information content (AvgIpc) is 2.87. The van der Waals surface area contributed by atoms with Gasteiger partial charge in [0, 0.05) is 0 Å². The van der Waals surface area contributed by atoms with E-state index in [1.165, 1.54) is 87.7 Å². The number of hydrogen-bond acceptors (Lipinski definition) is 0. The Kier molecular flexibility index (Phi) is 10.5. The summed E-state index contributed by atoms with van der Waals surface area (Å²) in [7, 11) is 0. The van der Waals surface area contributed by atoms with Crippen LogP contribution >= 0.6 is 0 Å². The van der Waals surface area contributed by atoms with Crippen molar-refractivity contribution in [2.75, 3.05) is 6.54 Å². The standard InChI is InChI=1S/C31H42N/c1-2-3-4-5-6-7-8-9-10-11-21-28-32(29-22-15-12-16-23-29,30-24-17-13-18-25-30)31-26-19-14-20-27-31/h12-20,22-27H,2-11,21,28H2,1H3/q+1. The predicted molar refractivity (Wildman–Crippen MR) is 142 cm³/mol. The van der Waals surface area contributed by atoms with E-state index < -0.39 is 0 Å². The van der Waals surface area contributed by atoms with Gasteiger partial charge in [0.25, 0.3) is 0 Å². The summed E-state index contributed by atoms with van der Waals surface area (Å²) in [5.74, 6) is 0. The van der Waals surface area contributed by atoms with Crippen molar-refractivity contribution in [3.8, 4) is 0 Å². The van der Waals surface area contributed by atoms with Gasteiger partial charge in [-0.15, -0.1) is 0 Å². The molecule has 32 heavy (non-hydrogen) atoms. The van der Waals surface area contributed by atoms with E-state index in [-0.39, 0.29) is 0 Å². The molecule has 3 aromatic rings. The molecule has 0 N–H and O–H groups in total. The van der Waals surface area contributed by atoms with Gasteiger partial charge < -0.3 is 0 Å².